The number of anilines is 1. The van der Waals surface area contributed by atoms with Gasteiger partial charge in [-0.05, 0) is 69.2 Å². The van der Waals surface area contributed by atoms with E-state index in [4.69, 9.17) is 4.74 Å². The number of ether oxygens (including phenoxy) is 1. The first-order valence-electron chi connectivity index (χ1n) is 7.93. The molecular weight excluding hydrogens is 262 g/mol. The zero-order valence-electron chi connectivity index (χ0n) is 13.6. The van der Waals surface area contributed by atoms with Crippen LogP contribution in [0.1, 0.15) is 63.7 Å². The number of esters is 1. The van der Waals surface area contributed by atoms with E-state index in [9.17, 15) is 4.79 Å². The number of carbonyl (C=O) groups is 1. The Morgan fingerprint density at radius 1 is 1.19 bits per heavy atom. The van der Waals surface area contributed by atoms with Crippen molar-refractivity contribution in [3.05, 3.63) is 29.8 Å². The van der Waals surface area contributed by atoms with Crippen molar-refractivity contribution >= 4 is 11.7 Å². The van der Waals surface area contributed by atoms with E-state index >= 15 is 0 Å². The highest BCUT2D eigenvalue weighted by Gasteiger charge is 2.26. The Balaban J connectivity index is 1.89. The summed E-state index contributed by atoms with van der Waals surface area (Å²) in [5.41, 5.74) is 2.18. The Morgan fingerprint density at radius 3 is 2.29 bits per heavy atom. The minimum absolute atomic E-state index is 0.0825. The van der Waals surface area contributed by atoms with Gasteiger partial charge < -0.3 is 10.1 Å². The van der Waals surface area contributed by atoms with Gasteiger partial charge in [-0.15, -0.1) is 0 Å². The number of hydrogen-bond donors (Lipinski definition) is 1. The van der Waals surface area contributed by atoms with Crippen molar-refractivity contribution in [1.82, 2.24) is 0 Å². The quantitative estimate of drug-likeness (QED) is 0.821. The molecular formula is C18H27NO2. The van der Waals surface area contributed by atoms with Gasteiger partial charge in [0.05, 0.1) is 11.7 Å². The zero-order valence-corrected chi connectivity index (χ0v) is 13.6. The molecule has 0 bridgehead atoms. The normalized spacial score (nSPS) is 18.5. The second kappa shape index (κ2) is 6.50. The highest BCUT2D eigenvalue weighted by atomic mass is 16.5. The van der Waals surface area contributed by atoms with E-state index in [0.29, 0.717) is 17.0 Å². The van der Waals surface area contributed by atoms with Gasteiger partial charge in [0.1, 0.15) is 0 Å². The molecule has 21 heavy (non-hydrogen) atoms. The molecule has 116 valence electrons. The van der Waals surface area contributed by atoms with Crippen molar-refractivity contribution in [3.63, 3.8) is 0 Å². The molecule has 0 spiro atoms. The summed E-state index contributed by atoms with van der Waals surface area (Å²) in [4.78, 5) is 11.8. The monoisotopic (exact) mass is 289 g/mol. The molecule has 1 fully saturated rings. The Hall–Kier alpha value is -1.51. The molecule has 0 aromatic heterocycles. The second-order valence-corrected chi connectivity index (χ2v) is 7.11. The van der Waals surface area contributed by atoms with Gasteiger partial charge in [0.2, 0.25) is 0 Å². The summed E-state index contributed by atoms with van der Waals surface area (Å²) < 4.78 is 5.19. The minimum atomic E-state index is -0.254. The summed E-state index contributed by atoms with van der Waals surface area (Å²) in [7, 11) is 0. The molecule has 1 aromatic rings. The molecule has 0 saturated heterocycles. The summed E-state index contributed by atoms with van der Waals surface area (Å²) in [6, 6.07) is 8.15. The lowest BCUT2D eigenvalue weighted by molar-refractivity contribution is 0.0378. The van der Waals surface area contributed by atoms with E-state index in [1.54, 1.807) is 0 Å². The van der Waals surface area contributed by atoms with Gasteiger partial charge in [0.25, 0.3) is 0 Å². The number of hydrogen-bond acceptors (Lipinski definition) is 3. The average molecular weight is 289 g/mol. The number of nitrogens with one attached hydrogen (secondary N) is 1. The van der Waals surface area contributed by atoms with Gasteiger partial charge in [-0.25, -0.2) is 4.79 Å². The van der Waals surface area contributed by atoms with E-state index in [1.165, 1.54) is 25.7 Å². The molecule has 0 atom stereocenters. The van der Waals surface area contributed by atoms with Crippen molar-refractivity contribution in [3.8, 4) is 0 Å². The smallest absolute Gasteiger partial charge is 0.338 e. The molecule has 1 aromatic carbocycles. The van der Waals surface area contributed by atoms with Crippen LogP contribution in [-0.4, -0.2) is 18.1 Å². The largest absolute Gasteiger partial charge is 0.459 e. The van der Waals surface area contributed by atoms with E-state index in [0.717, 1.165) is 5.69 Å². The molecule has 0 radical (unpaired) electrons. The van der Waals surface area contributed by atoms with Gasteiger partial charge in [0.15, 0.2) is 0 Å². The van der Waals surface area contributed by atoms with E-state index in [2.05, 4.69) is 19.2 Å². The Bertz CT molecular complexity index is 466. The van der Waals surface area contributed by atoms with Crippen molar-refractivity contribution < 1.29 is 9.53 Å². The molecule has 0 heterocycles. The Morgan fingerprint density at radius 2 is 1.76 bits per heavy atom. The third-order valence-electron chi connectivity index (χ3n) is 4.17. The molecule has 1 saturated carbocycles. The Kier molecular flexibility index (Phi) is 4.92. The first-order valence-corrected chi connectivity index (χ1v) is 7.93. The molecule has 1 aliphatic rings. The molecule has 0 aliphatic heterocycles. The van der Waals surface area contributed by atoms with E-state index in [-0.39, 0.29) is 12.1 Å². The van der Waals surface area contributed by atoms with Crippen LogP contribution >= 0.6 is 0 Å². The second-order valence-electron chi connectivity index (χ2n) is 7.11. The summed E-state index contributed by atoms with van der Waals surface area (Å²) in [6.45, 7) is 8.41. The van der Waals surface area contributed by atoms with E-state index < -0.39 is 0 Å². The highest BCUT2D eigenvalue weighted by molar-refractivity contribution is 5.89. The van der Waals surface area contributed by atoms with Crippen LogP contribution < -0.4 is 5.32 Å². The lowest BCUT2D eigenvalue weighted by Gasteiger charge is -2.35. The average Bonchev–Trinajstić information content (AvgIpc) is 2.41. The van der Waals surface area contributed by atoms with Crippen LogP contribution in [0.25, 0.3) is 0 Å². The molecule has 0 amide bonds. The lowest BCUT2D eigenvalue weighted by atomic mass is 9.75. The maximum absolute atomic E-state index is 11.8. The summed E-state index contributed by atoms with van der Waals surface area (Å²) in [6.07, 6.45) is 4.88. The molecule has 3 heteroatoms. The standard InChI is InChI=1S/C18H27NO2/c1-13(2)21-17(20)14-5-7-15(8-6-14)19-16-9-11-18(3,4)12-10-16/h5-8,13,16,19H,9-12H2,1-4H3. The van der Waals surface area contributed by atoms with Gasteiger partial charge in [-0.2, -0.15) is 0 Å². The zero-order chi connectivity index (χ0) is 15.5. The number of rotatable bonds is 4. The van der Waals surface area contributed by atoms with Crippen LogP contribution in [0.5, 0.6) is 0 Å². The minimum Gasteiger partial charge on any atom is -0.459 e. The molecule has 1 aliphatic carbocycles. The summed E-state index contributed by atoms with van der Waals surface area (Å²) >= 11 is 0. The highest BCUT2D eigenvalue weighted by Crippen LogP contribution is 2.36. The molecule has 3 nitrogen and oxygen atoms in total. The van der Waals surface area contributed by atoms with Crippen molar-refractivity contribution in [1.29, 1.82) is 0 Å². The fourth-order valence-corrected chi connectivity index (χ4v) is 2.76. The summed E-state index contributed by atoms with van der Waals surface area (Å²) in [5, 5.41) is 3.57. The Labute approximate surface area is 128 Å². The predicted octanol–water partition coefficient (Wildman–Crippen LogP) is 4.63. The fraction of sp³-hybridized carbons (Fsp3) is 0.611. The first kappa shape index (κ1) is 15.9. The molecule has 0 unspecified atom stereocenters. The van der Waals surface area contributed by atoms with Crippen LogP contribution in [-0.2, 0) is 4.74 Å². The van der Waals surface area contributed by atoms with Crippen LogP contribution in [0.2, 0.25) is 0 Å². The van der Waals surface area contributed by atoms with Crippen LogP contribution in [0.4, 0.5) is 5.69 Å². The third-order valence-corrected chi connectivity index (χ3v) is 4.17. The molecule has 1 N–H and O–H groups in total. The predicted molar refractivity (Wildman–Crippen MR) is 86.7 cm³/mol. The van der Waals surface area contributed by atoms with E-state index in [1.807, 2.05) is 38.1 Å². The van der Waals surface area contributed by atoms with Gasteiger partial charge in [-0.1, -0.05) is 13.8 Å². The van der Waals surface area contributed by atoms with Gasteiger partial charge in [-0.3, -0.25) is 0 Å². The SMILES string of the molecule is CC(C)OC(=O)c1ccc(NC2CCC(C)(C)CC2)cc1. The topological polar surface area (TPSA) is 38.3 Å². The summed E-state index contributed by atoms with van der Waals surface area (Å²) in [5.74, 6) is -0.254. The first-order chi connectivity index (χ1) is 9.85. The van der Waals surface area contributed by atoms with Crippen LogP contribution in [0, 0.1) is 5.41 Å². The van der Waals surface area contributed by atoms with Crippen molar-refractivity contribution in [2.75, 3.05) is 5.32 Å². The maximum atomic E-state index is 11.8. The van der Waals surface area contributed by atoms with Crippen LogP contribution in [0.3, 0.4) is 0 Å². The van der Waals surface area contributed by atoms with Crippen molar-refractivity contribution in [2.45, 2.75) is 65.5 Å². The molecule has 2 rings (SSSR count). The van der Waals surface area contributed by atoms with Gasteiger partial charge in [0, 0.05) is 11.7 Å². The number of benzene rings is 1. The van der Waals surface area contributed by atoms with Crippen LogP contribution in [0.15, 0.2) is 24.3 Å². The maximum Gasteiger partial charge on any atom is 0.338 e. The fourth-order valence-electron chi connectivity index (χ4n) is 2.76. The number of carbonyl (C=O) groups excluding carboxylic acids is 1. The van der Waals surface area contributed by atoms with Gasteiger partial charge >= 0.3 is 5.97 Å². The lowest BCUT2D eigenvalue weighted by Crippen LogP contribution is -2.29. The third kappa shape index (κ3) is 4.76. The van der Waals surface area contributed by atoms with Crippen molar-refractivity contribution in [2.24, 2.45) is 5.41 Å².